The summed E-state index contributed by atoms with van der Waals surface area (Å²) in [5.74, 6) is 0.379. The van der Waals surface area contributed by atoms with E-state index in [-0.39, 0.29) is 22.8 Å². The van der Waals surface area contributed by atoms with Crippen molar-refractivity contribution in [1.82, 2.24) is 9.62 Å². The molecule has 2 unspecified atom stereocenters. The van der Waals surface area contributed by atoms with E-state index in [2.05, 4.69) is 17.4 Å². The molecule has 174 valence electrons. The monoisotopic (exact) mass is 466 g/mol. The molecule has 2 aromatic rings. The molecule has 2 heterocycles. The molecular formula is C26H30N2O4S. The van der Waals surface area contributed by atoms with Crippen molar-refractivity contribution in [2.45, 2.75) is 43.0 Å². The third kappa shape index (κ3) is 4.44. The Labute approximate surface area is 195 Å². The van der Waals surface area contributed by atoms with Gasteiger partial charge in [0.15, 0.2) is 0 Å². The van der Waals surface area contributed by atoms with Crippen LogP contribution in [0.1, 0.15) is 48.0 Å². The quantitative estimate of drug-likeness (QED) is 0.697. The van der Waals surface area contributed by atoms with Gasteiger partial charge in [-0.1, -0.05) is 43.2 Å². The molecule has 1 saturated carbocycles. The predicted octanol–water partition coefficient (Wildman–Crippen LogP) is 4.06. The van der Waals surface area contributed by atoms with E-state index in [0.29, 0.717) is 24.6 Å². The van der Waals surface area contributed by atoms with Gasteiger partial charge in [-0.3, -0.25) is 9.10 Å². The highest BCUT2D eigenvalue weighted by Gasteiger charge is 2.42. The SMILES string of the molecule is O=C(NCC1CCOC1)c1ccc(S(=O)(=O)N2C=C(c3ccccc3)[C@H]3CCCCC32)cc1. The topological polar surface area (TPSA) is 75.7 Å². The van der Waals surface area contributed by atoms with Gasteiger partial charge in [-0.25, -0.2) is 8.42 Å². The zero-order valence-electron chi connectivity index (χ0n) is 18.7. The summed E-state index contributed by atoms with van der Waals surface area (Å²) in [6, 6.07) is 16.3. The number of amides is 1. The lowest BCUT2D eigenvalue weighted by molar-refractivity contribution is 0.0945. The van der Waals surface area contributed by atoms with Crippen molar-refractivity contribution < 1.29 is 17.9 Å². The van der Waals surface area contributed by atoms with Crippen molar-refractivity contribution in [3.63, 3.8) is 0 Å². The molecule has 2 aliphatic heterocycles. The van der Waals surface area contributed by atoms with Gasteiger partial charge in [-0.05, 0) is 54.7 Å². The van der Waals surface area contributed by atoms with Crippen LogP contribution < -0.4 is 5.32 Å². The molecule has 0 spiro atoms. The van der Waals surface area contributed by atoms with Gasteiger partial charge < -0.3 is 10.1 Å². The van der Waals surface area contributed by atoms with Crippen LogP contribution in [0.25, 0.3) is 5.57 Å². The molecule has 0 radical (unpaired) electrons. The Morgan fingerprint density at radius 2 is 1.76 bits per heavy atom. The summed E-state index contributed by atoms with van der Waals surface area (Å²) in [5, 5.41) is 2.93. The predicted molar refractivity (Wildman–Crippen MR) is 127 cm³/mol. The van der Waals surface area contributed by atoms with Gasteiger partial charge in [-0.15, -0.1) is 0 Å². The summed E-state index contributed by atoms with van der Waals surface area (Å²) < 4.78 is 34.1. The number of rotatable bonds is 6. The Hall–Kier alpha value is -2.64. The maximum atomic E-state index is 13.6. The van der Waals surface area contributed by atoms with E-state index >= 15 is 0 Å². The Kier molecular flexibility index (Phi) is 6.25. The second-order valence-corrected chi connectivity index (χ2v) is 11.1. The zero-order chi connectivity index (χ0) is 22.8. The fourth-order valence-electron chi connectivity index (χ4n) is 5.26. The summed E-state index contributed by atoms with van der Waals surface area (Å²) >= 11 is 0. The summed E-state index contributed by atoms with van der Waals surface area (Å²) in [6.45, 7) is 1.99. The standard InChI is InChI=1S/C26H30N2O4S/c29-26(27-16-19-14-15-32-18-19)21-10-12-22(13-11-21)33(30,31)28-17-24(20-6-2-1-3-7-20)23-8-4-5-9-25(23)28/h1-3,6-7,10-13,17,19,23,25H,4-5,8-9,14-16,18H2,(H,27,29)/t19?,23-,25?/m1/s1. The molecule has 7 heteroatoms. The first-order valence-corrected chi connectivity index (χ1v) is 13.2. The number of hydrogen-bond acceptors (Lipinski definition) is 4. The molecule has 3 aliphatic rings. The Morgan fingerprint density at radius 3 is 2.48 bits per heavy atom. The number of hydrogen-bond donors (Lipinski definition) is 1. The molecule has 2 aromatic carbocycles. The highest BCUT2D eigenvalue weighted by atomic mass is 32.2. The van der Waals surface area contributed by atoms with Crippen LogP contribution in [0.5, 0.6) is 0 Å². The van der Waals surface area contributed by atoms with E-state index in [9.17, 15) is 13.2 Å². The molecule has 0 bridgehead atoms. The van der Waals surface area contributed by atoms with E-state index < -0.39 is 10.0 Å². The summed E-state index contributed by atoms with van der Waals surface area (Å²) in [6.07, 6.45) is 6.82. The third-order valence-electron chi connectivity index (χ3n) is 7.10. The van der Waals surface area contributed by atoms with Crippen molar-refractivity contribution in [2.75, 3.05) is 19.8 Å². The number of nitrogens with zero attached hydrogens (tertiary/aromatic N) is 1. The fourth-order valence-corrected chi connectivity index (χ4v) is 6.84. The van der Waals surface area contributed by atoms with Crippen molar-refractivity contribution in [3.05, 3.63) is 71.9 Å². The number of sulfonamides is 1. The first-order valence-electron chi connectivity index (χ1n) is 11.8. The van der Waals surface area contributed by atoms with E-state index in [1.807, 2.05) is 24.4 Å². The first kappa shape index (κ1) is 22.2. The lowest BCUT2D eigenvalue weighted by Gasteiger charge is -2.33. The molecule has 5 rings (SSSR count). The van der Waals surface area contributed by atoms with Gasteiger partial charge in [0.05, 0.1) is 17.5 Å². The van der Waals surface area contributed by atoms with Gasteiger partial charge in [-0.2, -0.15) is 0 Å². The second kappa shape index (κ2) is 9.31. The maximum Gasteiger partial charge on any atom is 0.264 e. The van der Waals surface area contributed by atoms with Crippen LogP contribution in [0.3, 0.4) is 0 Å². The maximum absolute atomic E-state index is 13.6. The lowest BCUT2D eigenvalue weighted by Crippen LogP contribution is -2.38. The van der Waals surface area contributed by atoms with Crippen LogP contribution in [0, 0.1) is 11.8 Å². The van der Waals surface area contributed by atoms with Crippen LogP contribution in [0.4, 0.5) is 0 Å². The molecule has 1 N–H and O–H groups in total. The van der Waals surface area contributed by atoms with Crippen molar-refractivity contribution in [2.24, 2.45) is 11.8 Å². The molecule has 3 atom stereocenters. The number of nitrogens with one attached hydrogen (secondary N) is 1. The smallest absolute Gasteiger partial charge is 0.264 e. The van der Waals surface area contributed by atoms with Crippen LogP contribution in [0.2, 0.25) is 0 Å². The summed E-state index contributed by atoms with van der Waals surface area (Å²) in [4.78, 5) is 12.7. The average Bonchev–Trinajstić information content (AvgIpc) is 3.51. The average molecular weight is 467 g/mol. The van der Waals surface area contributed by atoms with Crippen LogP contribution >= 0.6 is 0 Å². The number of carbonyl (C=O) groups is 1. The largest absolute Gasteiger partial charge is 0.381 e. The van der Waals surface area contributed by atoms with Gasteiger partial charge in [0.25, 0.3) is 15.9 Å². The summed E-state index contributed by atoms with van der Waals surface area (Å²) in [7, 11) is -3.71. The minimum Gasteiger partial charge on any atom is -0.381 e. The molecule has 2 fully saturated rings. The highest BCUT2D eigenvalue weighted by Crippen LogP contribution is 2.45. The molecule has 1 saturated heterocycles. The minimum atomic E-state index is -3.71. The molecule has 33 heavy (non-hydrogen) atoms. The Balaban J connectivity index is 1.36. The normalized spacial score (nSPS) is 24.9. The minimum absolute atomic E-state index is 0.0458. The van der Waals surface area contributed by atoms with E-state index in [1.54, 1.807) is 28.6 Å². The second-order valence-electron chi connectivity index (χ2n) is 9.21. The van der Waals surface area contributed by atoms with E-state index in [1.165, 1.54) is 0 Å². The third-order valence-corrected chi connectivity index (χ3v) is 8.90. The van der Waals surface area contributed by atoms with E-state index in [4.69, 9.17) is 4.74 Å². The molecule has 6 nitrogen and oxygen atoms in total. The van der Waals surface area contributed by atoms with Gasteiger partial charge >= 0.3 is 0 Å². The number of fused-ring (bicyclic) bond motifs is 1. The van der Waals surface area contributed by atoms with Gasteiger partial charge in [0, 0.05) is 36.8 Å². The van der Waals surface area contributed by atoms with Crippen molar-refractivity contribution >= 4 is 21.5 Å². The number of ether oxygens (including phenoxy) is 1. The van der Waals surface area contributed by atoms with Crippen LogP contribution in [0.15, 0.2) is 65.7 Å². The van der Waals surface area contributed by atoms with Crippen molar-refractivity contribution in [1.29, 1.82) is 0 Å². The van der Waals surface area contributed by atoms with Gasteiger partial charge in [0.2, 0.25) is 0 Å². The molecule has 1 aliphatic carbocycles. The fraction of sp³-hybridized carbons (Fsp3) is 0.423. The molecule has 1 amide bonds. The van der Waals surface area contributed by atoms with Crippen LogP contribution in [-0.2, 0) is 14.8 Å². The molecule has 0 aromatic heterocycles. The summed E-state index contributed by atoms with van der Waals surface area (Å²) in [5.41, 5.74) is 2.66. The molecular weight excluding hydrogens is 436 g/mol. The lowest BCUT2D eigenvalue weighted by atomic mass is 9.80. The highest BCUT2D eigenvalue weighted by molar-refractivity contribution is 7.89. The zero-order valence-corrected chi connectivity index (χ0v) is 19.5. The van der Waals surface area contributed by atoms with Crippen molar-refractivity contribution in [3.8, 4) is 0 Å². The van der Waals surface area contributed by atoms with E-state index in [0.717, 1.165) is 49.8 Å². The Morgan fingerprint density at radius 1 is 1.00 bits per heavy atom. The number of carbonyl (C=O) groups excluding carboxylic acids is 1. The first-order chi connectivity index (χ1) is 16.0. The van der Waals surface area contributed by atoms with Gasteiger partial charge in [0.1, 0.15) is 0 Å². The van der Waals surface area contributed by atoms with Crippen LogP contribution in [-0.4, -0.2) is 44.4 Å². The number of benzene rings is 2. The Bertz CT molecular complexity index is 1120.